The monoisotopic (exact) mass is 369 g/mol. The summed E-state index contributed by atoms with van der Waals surface area (Å²) in [5.41, 5.74) is -0.0321. The summed E-state index contributed by atoms with van der Waals surface area (Å²) < 4.78 is 7.37. The normalized spacial score (nSPS) is 14.8. The van der Waals surface area contributed by atoms with Gasteiger partial charge in [0.25, 0.3) is 5.69 Å². The quantitative estimate of drug-likeness (QED) is 0.591. The number of halogens is 1. The molecule has 1 aliphatic rings. The zero-order valence-corrected chi connectivity index (χ0v) is 14.6. The summed E-state index contributed by atoms with van der Waals surface area (Å²) >= 11 is 7.51. The lowest BCUT2D eigenvalue weighted by Crippen LogP contribution is -2.38. The van der Waals surface area contributed by atoms with Crippen LogP contribution in [-0.2, 0) is 11.3 Å². The highest BCUT2D eigenvalue weighted by molar-refractivity contribution is 7.99. The largest absolute Gasteiger partial charge is 0.378 e. The second-order valence-corrected chi connectivity index (χ2v) is 6.52. The average Bonchev–Trinajstić information content (AvgIpc) is 3.00. The van der Waals surface area contributed by atoms with Crippen LogP contribution in [0.4, 0.5) is 11.6 Å². The van der Waals surface area contributed by atoms with E-state index in [4.69, 9.17) is 16.3 Å². The van der Waals surface area contributed by atoms with E-state index in [1.807, 2.05) is 11.5 Å². The Morgan fingerprint density at radius 1 is 1.38 bits per heavy atom. The third-order valence-corrected chi connectivity index (χ3v) is 5.12. The van der Waals surface area contributed by atoms with Crippen LogP contribution >= 0.6 is 23.4 Å². The van der Waals surface area contributed by atoms with Gasteiger partial charge < -0.3 is 9.64 Å². The maximum atomic E-state index is 10.8. The van der Waals surface area contributed by atoms with Gasteiger partial charge in [0.05, 0.1) is 23.2 Å². The summed E-state index contributed by atoms with van der Waals surface area (Å²) in [5, 5.41) is 20.4. The topological polar surface area (TPSA) is 86.3 Å². The maximum Gasteiger partial charge on any atom is 0.270 e. The second kappa shape index (κ2) is 7.37. The zero-order valence-electron chi connectivity index (χ0n) is 13.0. The number of anilines is 1. The van der Waals surface area contributed by atoms with Crippen molar-refractivity contribution in [3.8, 4) is 0 Å². The molecule has 0 atom stereocenters. The first-order valence-corrected chi connectivity index (χ1v) is 8.67. The Morgan fingerprint density at radius 3 is 2.75 bits per heavy atom. The fourth-order valence-corrected chi connectivity index (χ4v) is 3.60. The Bertz CT molecular complexity index is 748. The number of hydrogen-bond donors (Lipinski definition) is 0. The standard InChI is InChI=1S/C14H16ClN5O3S/c1-2-19-13(18-5-7-23-8-6-18)16-17-14(19)24-12-4-3-10(20(21)22)9-11(12)15/h3-4,9H,2,5-8H2,1H3. The Balaban J connectivity index is 1.85. The highest BCUT2D eigenvalue weighted by Gasteiger charge is 2.21. The molecule has 2 aromatic rings. The molecular formula is C14H16ClN5O3S. The molecule has 0 bridgehead atoms. The van der Waals surface area contributed by atoms with Crippen molar-refractivity contribution in [3.05, 3.63) is 33.3 Å². The molecule has 1 saturated heterocycles. The van der Waals surface area contributed by atoms with Gasteiger partial charge in [0, 0.05) is 36.7 Å². The van der Waals surface area contributed by atoms with Crippen molar-refractivity contribution in [3.63, 3.8) is 0 Å². The predicted molar refractivity (Wildman–Crippen MR) is 91.0 cm³/mol. The molecule has 1 aromatic heterocycles. The van der Waals surface area contributed by atoms with Gasteiger partial charge in [0.15, 0.2) is 5.16 Å². The van der Waals surface area contributed by atoms with Gasteiger partial charge in [-0.2, -0.15) is 0 Å². The second-order valence-electron chi connectivity index (χ2n) is 5.10. The van der Waals surface area contributed by atoms with Gasteiger partial charge in [-0.25, -0.2) is 0 Å². The lowest BCUT2D eigenvalue weighted by atomic mass is 10.3. The summed E-state index contributed by atoms with van der Waals surface area (Å²) in [7, 11) is 0. The minimum Gasteiger partial charge on any atom is -0.378 e. The summed E-state index contributed by atoms with van der Waals surface area (Å²) in [5.74, 6) is 0.807. The number of benzene rings is 1. The number of aromatic nitrogens is 3. The van der Waals surface area contributed by atoms with Gasteiger partial charge in [-0.1, -0.05) is 11.6 Å². The molecule has 0 aliphatic carbocycles. The van der Waals surface area contributed by atoms with Gasteiger partial charge in [-0.3, -0.25) is 14.7 Å². The van der Waals surface area contributed by atoms with Crippen molar-refractivity contribution in [2.75, 3.05) is 31.2 Å². The molecule has 0 N–H and O–H groups in total. The first-order valence-electron chi connectivity index (χ1n) is 7.48. The van der Waals surface area contributed by atoms with Crippen LogP contribution in [-0.4, -0.2) is 46.0 Å². The number of nitrogens with zero attached hydrogens (tertiary/aromatic N) is 5. The van der Waals surface area contributed by atoms with Gasteiger partial charge >= 0.3 is 0 Å². The molecule has 128 valence electrons. The van der Waals surface area contributed by atoms with Crippen LogP contribution in [0.25, 0.3) is 0 Å². The van der Waals surface area contributed by atoms with Crippen LogP contribution in [0.1, 0.15) is 6.92 Å². The van der Waals surface area contributed by atoms with E-state index in [0.717, 1.165) is 19.0 Å². The van der Waals surface area contributed by atoms with E-state index in [0.29, 0.717) is 34.8 Å². The number of rotatable bonds is 5. The Kier molecular flexibility index (Phi) is 5.22. The van der Waals surface area contributed by atoms with Crippen LogP contribution < -0.4 is 4.90 Å². The van der Waals surface area contributed by atoms with Crippen molar-refractivity contribution < 1.29 is 9.66 Å². The van der Waals surface area contributed by atoms with E-state index in [9.17, 15) is 10.1 Å². The number of nitro groups is 1. The fraction of sp³-hybridized carbons (Fsp3) is 0.429. The van der Waals surface area contributed by atoms with Crippen LogP contribution in [0.3, 0.4) is 0 Å². The molecule has 10 heteroatoms. The van der Waals surface area contributed by atoms with Gasteiger partial charge in [-0.15, -0.1) is 10.2 Å². The molecule has 8 nitrogen and oxygen atoms in total. The molecule has 0 amide bonds. The molecule has 0 spiro atoms. The Hall–Kier alpha value is -1.84. The predicted octanol–water partition coefficient (Wildman–Crippen LogP) is 2.85. The summed E-state index contributed by atoms with van der Waals surface area (Å²) in [6.07, 6.45) is 0. The third-order valence-electron chi connectivity index (χ3n) is 3.63. The minimum absolute atomic E-state index is 0.0321. The summed E-state index contributed by atoms with van der Waals surface area (Å²) in [6, 6.07) is 4.41. The smallest absolute Gasteiger partial charge is 0.270 e. The van der Waals surface area contributed by atoms with Gasteiger partial charge in [0.1, 0.15) is 0 Å². The maximum absolute atomic E-state index is 10.8. The number of nitro benzene ring substituents is 1. The molecule has 3 rings (SSSR count). The molecule has 1 aromatic carbocycles. The van der Waals surface area contributed by atoms with E-state index >= 15 is 0 Å². The van der Waals surface area contributed by atoms with Crippen LogP contribution in [0.5, 0.6) is 0 Å². The van der Waals surface area contributed by atoms with E-state index in [-0.39, 0.29) is 5.69 Å². The van der Waals surface area contributed by atoms with Gasteiger partial charge in [0.2, 0.25) is 5.95 Å². The molecule has 0 saturated carbocycles. The van der Waals surface area contributed by atoms with Crippen molar-refractivity contribution >= 4 is 35.0 Å². The summed E-state index contributed by atoms with van der Waals surface area (Å²) in [6.45, 7) is 5.64. The molecule has 1 aliphatic heterocycles. The molecule has 0 unspecified atom stereocenters. The van der Waals surface area contributed by atoms with E-state index < -0.39 is 4.92 Å². The Morgan fingerprint density at radius 2 is 2.12 bits per heavy atom. The minimum atomic E-state index is -0.467. The average molecular weight is 370 g/mol. The van der Waals surface area contributed by atoms with E-state index in [1.54, 1.807) is 6.07 Å². The van der Waals surface area contributed by atoms with Crippen molar-refractivity contribution in [1.82, 2.24) is 14.8 Å². The molecule has 2 heterocycles. The molecule has 24 heavy (non-hydrogen) atoms. The zero-order chi connectivity index (χ0) is 17.1. The van der Waals surface area contributed by atoms with Gasteiger partial charge in [-0.05, 0) is 24.8 Å². The van der Waals surface area contributed by atoms with Crippen LogP contribution in [0.2, 0.25) is 5.02 Å². The van der Waals surface area contributed by atoms with Crippen LogP contribution in [0.15, 0.2) is 28.3 Å². The first-order chi connectivity index (χ1) is 11.6. The van der Waals surface area contributed by atoms with Crippen molar-refractivity contribution in [1.29, 1.82) is 0 Å². The summed E-state index contributed by atoms with van der Waals surface area (Å²) in [4.78, 5) is 13.2. The number of hydrogen-bond acceptors (Lipinski definition) is 7. The lowest BCUT2D eigenvalue weighted by Gasteiger charge is -2.27. The third kappa shape index (κ3) is 3.47. The van der Waals surface area contributed by atoms with Crippen molar-refractivity contribution in [2.45, 2.75) is 23.5 Å². The lowest BCUT2D eigenvalue weighted by molar-refractivity contribution is -0.384. The molecular weight excluding hydrogens is 354 g/mol. The number of morpholine rings is 1. The highest BCUT2D eigenvalue weighted by atomic mass is 35.5. The van der Waals surface area contributed by atoms with Crippen LogP contribution in [0, 0.1) is 10.1 Å². The number of non-ortho nitro benzene ring substituents is 1. The van der Waals surface area contributed by atoms with E-state index in [2.05, 4.69) is 15.1 Å². The fourth-order valence-electron chi connectivity index (χ4n) is 2.41. The molecule has 1 fully saturated rings. The van der Waals surface area contributed by atoms with Crippen molar-refractivity contribution in [2.24, 2.45) is 0 Å². The van der Waals surface area contributed by atoms with E-state index in [1.165, 1.54) is 23.9 Å². The highest BCUT2D eigenvalue weighted by Crippen LogP contribution is 2.35. The molecule has 0 radical (unpaired) electrons. The first kappa shape index (κ1) is 17.0. The number of ether oxygens (including phenoxy) is 1. The SMILES string of the molecule is CCn1c(Sc2ccc([N+](=O)[O-])cc2Cl)nnc1N1CCOCC1. The Labute approximate surface area is 147 Å².